The van der Waals surface area contributed by atoms with Gasteiger partial charge in [0.1, 0.15) is 12.4 Å². The third kappa shape index (κ3) is 1.36. The van der Waals surface area contributed by atoms with Crippen molar-refractivity contribution in [1.82, 2.24) is 0 Å². The van der Waals surface area contributed by atoms with Crippen LogP contribution in [0.1, 0.15) is 11.3 Å². The second kappa shape index (κ2) is 3.92. The molecule has 1 fully saturated rings. The lowest BCUT2D eigenvalue weighted by Gasteiger charge is -2.23. The van der Waals surface area contributed by atoms with Gasteiger partial charge >= 0.3 is 0 Å². The Kier molecular flexibility index (Phi) is 2.38. The highest BCUT2D eigenvalue weighted by Gasteiger charge is 2.53. The molecule has 0 radical (unpaired) electrons. The first-order valence-electron chi connectivity index (χ1n) is 5.56. The second-order valence-corrected chi connectivity index (χ2v) is 4.07. The van der Waals surface area contributed by atoms with Gasteiger partial charge in [-0.15, -0.1) is 0 Å². The number of carbonyl (C=O) groups is 2. The molecule has 0 spiro atoms. The van der Waals surface area contributed by atoms with Crippen molar-refractivity contribution in [3.05, 3.63) is 60.1 Å². The van der Waals surface area contributed by atoms with Gasteiger partial charge in [-0.05, 0) is 17.7 Å². The zero-order chi connectivity index (χ0) is 12.6. The standard InChI is InChI=1S/C14H10O4/c15-11-9-18-14(13(11)16,12-7-4-8-17-12)10-5-2-1-3-6-10/h1-8H,9H2. The van der Waals surface area contributed by atoms with E-state index in [1.807, 2.05) is 6.07 Å². The lowest BCUT2D eigenvalue weighted by Crippen LogP contribution is -2.35. The maximum absolute atomic E-state index is 12.2. The molecule has 0 N–H and O–H groups in total. The van der Waals surface area contributed by atoms with Crippen LogP contribution >= 0.6 is 0 Å². The molecule has 1 saturated heterocycles. The highest BCUT2D eigenvalue weighted by Crippen LogP contribution is 2.38. The first kappa shape index (κ1) is 10.9. The maximum Gasteiger partial charge on any atom is 0.245 e. The molecular formula is C14H10O4. The lowest BCUT2D eigenvalue weighted by atomic mass is 9.87. The van der Waals surface area contributed by atoms with E-state index in [1.165, 1.54) is 6.26 Å². The highest BCUT2D eigenvalue weighted by molar-refractivity contribution is 6.43. The molecule has 4 nitrogen and oxygen atoms in total. The molecule has 2 aromatic rings. The average molecular weight is 242 g/mol. The molecule has 0 amide bonds. The van der Waals surface area contributed by atoms with Gasteiger partial charge < -0.3 is 9.15 Å². The van der Waals surface area contributed by atoms with Gasteiger partial charge in [0, 0.05) is 0 Å². The van der Waals surface area contributed by atoms with Crippen LogP contribution < -0.4 is 0 Å². The Morgan fingerprint density at radius 2 is 1.78 bits per heavy atom. The van der Waals surface area contributed by atoms with E-state index in [4.69, 9.17) is 9.15 Å². The Morgan fingerprint density at radius 3 is 2.33 bits per heavy atom. The van der Waals surface area contributed by atoms with E-state index in [9.17, 15) is 9.59 Å². The summed E-state index contributed by atoms with van der Waals surface area (Å²) in [6, 6.07) is 12.2. The molecule has 3 rings (SSSR count). The Bertz CT molecular complexity index is 586. The minimum Gasteiger partial charge on any atom is -0.465 e. The van der Waals surface area contributed by atoms with Crippen molar-refractivity contribution < 1.29 is 18.7 Å². The van der Waals surface area contributed by atoms with Gasteiger partial charge in [0.2, 0.25) is 17.2 Å². The van der Waals surface area contributed by atoms with Crippen molar-refractivity contribution in [1.29, 1.82) is 0 Å². The van der Waals surface area contributed by atoms with Crippen LogP contribution in [0.2, 0.25) is 0 Å². The quantitative estimate of drug-likeness (QED) is 0.752. The molecule has 4 heteroatoms. The Balaban J connectivity index is 2.23. The maximum atomic E-state index is 12.2. The minimum absolute atomic E-state index is 0.214. The molecule has 1 aliphatic heterocycles. The molecular weight excluding hydrogens is 232 g/mol. The van der Waals surface area contributed by atoms with E-state index >= 15 is 0 Å². The first-order chi connectivity index (χ1) is 8.75. The largest absolute Gasteiger partial charge is 0.465 e. The molecule has 1 aromatic heterocycles. The van der Waals surface area contributed by atoms with Gasteiger partial charge in [0.15, 0.2) is 0 Å². The van der Waals surface area contributed by atoms with Crippen molar-refractivity contribution in [2.24, 2.45) is 0 Å². The summed E-state index contributed by atoms with van der Waals surface area (Å²) < 4.78 is 10.8. The number of ketones is 2. The topological polar surface area (TPSA) is 56.5 Å². The minimum atomic E-state index is -1.41. The summed E-state index contributed by atoms with van der Waals surface area (Å²) >= 11 is 0. The third-order valence-electron chi connectivity index (χ3n) is 3.04. The summed E-state index contributed by atoms with van der Waals surface area (Å²) in [6.07, 6.45) is 1.46. The number of Topliss-reactive ketones (excluding diaryl/α,β-unsaturated/α-hetero) is 2. The van der Waals surface area contributed by atoms with Crippen LogP contribution in [0.4, 0.5) is 0 Å². The summed E-state index contributed by atoms with van der Waals surface area (Å²) in [7, 11) is 0. The Hall–Kier alpha value is -2.20. The molecule has 0 saturated carbocycles. The van der Waals surface area contributed by atoms with Crippen molar-refractivity contribution in [3.63, 3.8) is 0 Å². The SMILES string of the molecule is O=C1COC(c2ccccc2)(c2ccco2)C1=O. The van der Waals surface area contributed by atoms with E-state index < -0.39 is 17.2 Å². The van der Waals surface area contributed by atoms with Crippen LogP contribution in [0.3, 0.4) is 0 Å². The van der Waals surface area contributed by atoms with E-state index in [2.05, 4.69) is 0 Å². The van der Waals surface area contributed by atoms with Crippen LogP contribution in [0.15, 0.2) is 53.1 Å². The molecule has 1 atom stereocenters. The van der Waals surface area contributed by atoms with Crippen LogP contribution in [0.25, 0.3) is 0 Å². The fourth-order valence-electron chi connectivity index (χ4n) is 2.19. The highest BCUT2D eigenvalue weighted by atomic mass is 16.5. The van der Waals surface area contributed by atoms with Crippen LogP contribution in [-0.4, -0.2) is 18.2 Å². The number of furan rings is 1. The first-order valence-corrected chi connectivity index (χ1v) is 5.56. The number of carbonyl (C=O) groups excluding carboxylic acids is 2. The smallest absolute Gasteiger partial charge is 0.245 e. The van der Waals surface area contributed by atoms with Crippen molar-refractivity contribution in [2.45, 2.75) is 5.60 Å². The van der Waals surface area contributed by atoms with Crippen LogP contribution in [0.5, 0.6) is 0 Å². The number of hydrogen-bond acceptors (Lipinski definition) is 4. The number of rotatable bonds is 2. The van der Waals surface area contributed by atoms with Crippen LogP contribution in [-0.2, 0) is 19.9 Å². The lowest BCUT2D eigenvalue weighted by molar-refractivity contribution is -0.137. The van der Waals surface area contributed by atoms with Gasteiger partial charge in [-0.3, -0.25) is 9.59 Å². The molecule has 1 aromatic carbocycles. The van der Waals surface area contributed by atoms with Gasteiger partial charge in [0.05, 0.1) is 6.26 Å². The Labute approximate surface area is 103 Å². The third-order valence-corrected chi connectivity index (χ3v) is 3.04. The molecule has 2 heterocycles. The molecule has 1 unspecified atom stereocenters. The van der Waals surface area contributed by atoms with E-state index in [0.717, 1.165) is 0 Å². The molecule has 1 aliphatic rings. The number of ether oxygens (including phenoxy) is 1. The monoisotopic (exact) mass is 242 g/mol. The van der Waals surface area contributed by atoms with Crippen LogP contribution in [0, 0.1) is 0 Å². The predicted octanol–water partition coefficient (Wildman–Crippen LogP) is 1.69. The summed E-state index contributed by atoms with van der Waals surface area (Å²) in [5, 5.41) is 0. The predicted molar refractivity (Wildman–Crippen MR) is 61.9 cm³/mol. The van der Waals surface area contributed by atoms with Gasteiger partial charge in [-0.25, -0.2) is 0 Å². The van der Waals surface area contributed by atoms with E-state index in [-0.39, 0.29) is 6.61 Å². The zero-order valence-electron chi connectivity index (χ0n) is 9.46. The zero-order valence-corrected chi connectivity index (χ0v) is 9.46. The van der Waals surface area contributed by atoms with E-state index in [0.29, 0.717) is 11.3 Å². The summed E-state index contributed by atoms with van der Waals surface area (Å²) in [5.74, 6) is -0.775. The van der Waals surface area contributed by atoms with Gasteiger partial charge in [-0.2, -0.15) is 0 Å². The summed E-state index contributed by atoms with van der Waals surface area (Å²) in [4.78, 5) is 23.7. The summed E-state index contributed by atoms with van der Waals surface area (Å²) in [5.41, 5.74) is -0.808. The van der Waals surface area contributed by atoms with Gasteiger partial charge in [-0.1, -0.05) is 30.3 Å². The van der Waals surface area contributed by atoms with E-state index in [1.54, 1.807) is 36.4 Å². The normalized spacial score (nSPS) is 23.6. The fraction of sp³-hybridized carbons (Fsp3) is 0.143. The van der Waals surface area contributed by atoms with Crippen molar-refractivity contribution in [3.8, 4) is 0 Å². The second-order valence-electron chi connectivity index (χ2n) is 4.07. The molecule has 90 valence electrons. The molecule has 0 aliphatic carbocycles. The Morgan fingerprint density at radius 1 is 1.00 bits per heavy atom. The summed E-state index contributed by atoms with van der Waals surface area (Å²) in [6.45, 7) is -0.214. The fourth-order valence-corrected chi connectivity index (χ4v) is 2.19. The van der Waals surface area contributed by atoms with Gasteiger partial charge in [0.25, 0.3) is 0 Å². The van der Waals surface area contributed by atoms with Crippen molar-refractivity contribution in [2.75, 3.05) is 6.61 Å². The average Bonchev–Trinajstić information content (AvgIpc) is 3.02. The molecule has 18 heavy (non-hydrogen) atoms. The van der Waals surface area contributed by atoms with Crippen molar-refractivity contribution >= 4 is 11.6 Å². The number of benzene rings is 1. The molecule has 0 bridgehead atoms. The number of hydrogen-bond donors (Lipinski definition) is 0.